The molecule has 0 aliphatic carbocycles. The van der Waals surface area contributed by atoms with Crippen molar-refractivity contribution in [1.29, 1.82) is 0 Å². The van der Waals surface area contributed by atoms with Crippen LogP contribution in [-0.2, 0) is 17.8 Å². The molecular weight excluding hydrogens is 284 g/mol. The van der Waals surface area contributed by atoms with Gasteiger partial charge in [-0.15, -0.1) is 0 Å². The summed E-state index contributed by atoms with van der Waals surface area (Å²) in [7, 11) is 0. The molecule has 2 aromatic rings. The average Bonchev–Trinajstić information content (AvgIpc) is 2.58. The van der Waals surface area contributed by atoms with Gasteiger partial charge in [0.25, 0.3) is 0 Å². The second kappa shape index (κ2) is 9.80. The van der Waals surface area contributed by atoms with Crippen molar-refractivity contribution in [2.75, 3.05) is 13.1 Å². The first-order valence-electron chi connectivity index (χ1n) is 8.31. The van der Waals surface area contributed by atoms with E-state index in [9.17, 15) is 4.79 Å². The first-order chi connectivity index (χ1) is 11.3. The van der Waals surface area contributed by atoms with Crippen LogP contribution in [0.3, 0.4) is 0 Å². The van der Waals surface area contributed by atoms with Crippen LogP contribution in [0.5, 0.6) is 0 Å². The Balaban J connectivity index is 1.53. The quantitative estimate of drug-likeness (QED) is 0.698. The Hall–Kier alpha value is -2.13. The molecule has 0 heterocycles. The van der Waals surface area contributed by atoms with Crippen LogP contribution in [0.1, 0.15) is 29.5 Å². The van der Waals surface area contributed by atoms with Crippen molar-refractivity contribution in [2.45, 2.75) is 32.7 Å². The van der Waals surface area contributed by atoms with Crippen molar-refractivity contribution in [2.24, 2.45) is 0 Å². The standard InChI is InChI=1S/C20H26N2O/c1-17-8-5-6-12-19(17)16-21-15-13-20(23)22-14-7-11-18-9-3-2-4-10-18/h2-6,8-10,12,21H,7,11,13-16H2,1H3,(H,22,23). The lowest BCUT2D eigenvalue weighted by atomic mass is 10.1. The van der Waals surface area contributed by atoms with Gasteiger partial charge in [-0.2, -0.15) is 0 Å². The zero-order valence-corrected chi connectivity index (χ0v) is 13.8. The van der Waals surface area contributed by atoms with E-state index < -0.39 is 0 Å². The maximum atomic E-state index is 11.8. The summed E-state index contributed by atoms with van der Waals surface area (Å²) in [5.41, 5.74) is 3.89. The number of hydrogen-bond acceptors (Lipinski definition) is 2. The summed E-state index contributed by atoms with van der Waals surface area (Å²) in [6, 6.07) is 18.7. The zero-order chi connectivity index (χ0) is 16.3. The molecule has 0 saturated carbocycles. The van der Waals surface area contributed by atoms with E-state index in [2.05, 4.69) is 41.8 Å². The van der Waals surface area contributed by atoms with Crippen LogP contribution in [-0.4, -0.2) is 19.0 Å². The molecule has 122 valence electrons. The van der Waals surface area contributed by atoms with E-state index in [1.807, 2.05) is 30.3 Å². The maximum Gasteiger partial charge on any atom is 0.221 e. The van der Waals surface area contributed by atoms with Gasteiger partial charge in [-0.3, -0.25) is 4.79 Å². The van der Waals surface area contributed by atoms with Crippen molar-refractivity contribution in [1.82, 2.24) is 10.6 Å². The lowest BCUT2D eigenvalue weighted by molar-refractivity contribution is -0.121. The lowest BCUT2D eigenvalue weighted by Gasteiger charge is -2.08. The van der Waals surface area contributed by atoms with E-state index >= 15 is 0 Å². The molecule has 3 nitrogen and oxygen atoms in total. The molecule has 3 heteroatoms. The summed E-state index contributed by atoms with van der Waals surface area (Å²) in [6.45, 7) is 4.37. The molecule has 0 aliphatic heterocycles. The van der Waals surface area contributed by atoms with E-state index in [-0.39, 0.29) is 5.91 Å². The van der Waals surface area contributed by atoms with Crippen LogP contribution < -0.4 is 10.6 Å². The van der Waals surface area contributed by atoms with Crippen molar-refractivity contribution in [3.63, 3.8) is 0 Å². The van der Waals surface area contributed by atoms with Crippen molar-refractivity contribution >= 4 is 5.91 Å². The van der Waals surface area contributed by atoms with E-state index in [0.29, 0.717) is 13.0 Å². The normalized spacial score (nSPS) is 10.5. The molecule has 2 rings (SSSR count). The third-order valence-corrected chi connectivity index (χ3v) is 3.91. The number of carbonyl (C=O) groups is 1. The van der Waals surface area contributed by atoms with Gasteiger partial charge in [0, 0.05) is 26.1 Å². The van der Waals surface area contributed by atoms with E-state index in [4.69, 9.17) is 0 Å². The third kappa shape index (κ3) is 6.66. The smallest absolute Gasteiger partial charge is 0.221 e. The molecule has 0 bridgehead atoms. The number of rotatable bonds is 9. The highest BCUT2D eigenvalue weighted by Gasteiger charge is 2.01. The summed E-state index contributed by atoms with van der Waals surface area (Å²) in [6.07, 6.45) is 2.51. The Morgan fingerprint density at radius 3 is 2.48 bits per heavy atom. The number of nitrogens with one attached hydrogen (secondary N) is 2. The van der Waals surface area contributed by atoms with Crippen LogP contribution in [0.2, 0.25) is 0 Å². The van der Waals surface area contributed by atoms with Gasteiger partial charge in [0.1, 0.15) is 0 Å². The average molecular weight is 310 g/mol. The largest absolute Gasteiger partial charge is 0.356 e. The molecule has 2 aromatic carbocycles. The number of benzene rings is 2. The van der Waals surface area contributed by atoms with Crippen LogP contribution >= 0.6 is 0 Å². The van der Waals surface area contributed by atoms with Crippen molar-refractivity contribution in [3.8, 4) is 0 Å². The third-order valence-electron chi connectivity index (χ3n) is 3.91. The van der Waals surface area contributed by atoms with Crippen LogP contribution in [0.25, 0.3) is 0 Å². The molecule has 0 aliphatic rings. The summed E-state index contributed by atoms with van der Waals surface area (Å²) in [5, 5.41) is 6.31. The molecule has 0 aromatic heterocycles. The molecule has 0 atom stereocenters. The van der Waals surface area contributed by atoms with Crippen molar-refractivity contribution < 1.29 is 4.79 Å². The predicted molar refractivity (Wildman–Crippen MR) is 95.3 cm³/mol. The number of hydrogen-bond donors (Lipinski definition) is 2. The van der Waals surface area contributed by atoms with E-state index in [1.54, 1.807) is 0 Å². The number of amides is 1. The van der Waals surface area contributed by atoms with Crippen LogP contribution in [0.15, 0.2) is 54.6 Å². The summed E-state index contributed by atoms with van der Waals surface area (Å²) in [5.74, 6) is 0.121. The molecule has 0 spiro atoms. The summed E-state index contributed by atoms with van der Waals surface area (Å²) < 4.78 is 0. The second-order valence-electron chi connectivity index (χ2n) is 5.79. The Morgan fingerprint density at radius 2 is 1.70 bits per heavy atom. The highest BCUT2D eigenvalue weighted by molar-refractivity contribution is 5.75. The highest BCUT2D eigenvalue weighted by Crippen LogP contribution is 2.06. The van der Waals surface area contributed by atoms with Crippen LogP contribution in [0, 0.1) is 6.92 Å². The number of aryl methyl sites for hydroxylation is 2. The van der Waals surface area contributed by atoms with E-state index in [1.165, 1.54) is 16.7 Å². The van der Waals surface area contributed by atoms with Crippen molar-refractivity contribution in [3.05, 3.63) is 71.3 Å². The lowest BCUT2D eigenvalue weighted by Crippen LogP contribution is -2.28. The molecule has 23 heavy (non-hydrogen) atoms. The first kappa shape index (κ1) is 17.2. The predicted octanol–water partition coefficient (Wildman–Crippen LogP) is 3.22. The molecule has 0 fully saturated rings. The Labute approximate surface area is 139 Å². The fourth-order valence-electron chi connectivity index (χ4n) is 2.49. The minimum Gasteiger partial charge on any atom is -0.356 e. The SMILES string of the molecule is Cc1ccccc1CNCCC(=O)NCCCc1ccccc1. The fraction of sp³-hybridized carbons (Fsp3) is 0.350. The minimum absolute atomic E-state index is 0.121. The Morgan fingerprint density at radius 1 is 0.957 bits per heavy atom. The van der Waals surface area contributed by atoms with Gasteiger partial charge in [0.2, 0.25) is 5.91 Å². The topological polar surface area (TPSA) is 41.1 Å². The molecule has 2 N–H and O–H groups in total. The molecule has 1 amide bonds. The molecular formula is C20H26N2O. The minimum atomic E-state index is 0.121. The maximum absolute atomic E-state index is 11.8. The molecule has 0 saturated heterocycles. The van der Waals surface area contributed by atoms with Gasteiger partial charge in [-0.05, 0) is 36.5 Å². The fourth-order valence-corrected chi connectivity index (χ4v) is 2.49. The Bertz CT molecular complexity index is 596. The summed E-state index contributed by atoms with van der Waals surface area (Å²) >= 11 is 0. The van der Waals surface area contributed by atoms with Gasteiger partial charge in [0.05, 0.1) is 0 Å². The van der Waals surface area contributed by atoms with Gasteiger partial charge >= 0.3 is 0 Å². The summed E-state index contributed by atoms with van der Waals surface area (Å²) in [4.78, 5) is 11.8. The molecule has 0 unspecified atom stereocenters. The van der Waals surface area contributed by atoms with Crippen LogP contribution in [0.4, 0.5) is 0 Å². The second-order valence-corrected chi connectivity index (χ2v) is 5.79. The Kier molecular flexibility index (Phi) is 7.34. The first-order valence-corrected chi connectivity index (χ1v) is 8.31. The molecule has 0 radical (unpaired) electrons. The zero-order valence-electron chi connectivity index (χ0n) is 13.8. The van der Waals surface area contributed by atoms with E-state index in [0.717, 1.165) is 25.9 Å². The van der Waals surface area contributed by atoms with Gasteiger partial charge in [0.15, 0.2) is 0 Å². The highest BCUT2D eigenvalue weighted by atomic mass is 16.1. The monoisotopic (exact) mass is 310 g/mol. The van der Waals surface area contributed by atoms with Gasteiger partial charge in [-0.1, -0.05) is 54.6 Å². The number of carbonyl (C=O) groups excluding carboxylic acids is 1. The van der Waals surface area contributed by atoms with Gasteiger partial charge < -0.3 is 10.6 Å². The van der Waals surface area contributed by atoms with Gasteiger partial charge in [-0.25, -0.2) is 0 Å².